The van der Waals surface area contributed by atoms with Gasteiger partial charge in [-0.3, -0.25) is 0 Å². The first-order chi connectivity index (χ1) is 8.56. The van der Waals surface area contributed by atoms with Crippen LogP contribution >= 0.6 is 0 Å². The van der Waals surface area contributed by atoms with E-state index in [9.17, 15) is 0 Å². The number of benzene rings is 1. The van der Waals surface area contributed by atoms with Gasteiger partial charge in [0, 0.05) is 5.56 Å². The van der Waals surface area contributed by atoms with Crippen molar-refractivity contribution in [3.05, 3.63) is 29.8 Å². The number of hydrogen-bond donors (Lipinski definition) is 0. The minimum Gasteiger partial charge on any atom is -0.496 e. The summed E-state index contributed by atoms with van der Waals surface area (Å²) in [6.07, 6.45) is 1.74. The molecule has 4 heteroatoms. The van der Waals surface area contributed by atoms with Crippen molar-refractivity contribution in [2.45, 2.75) is 38.8 Å². The fourth-order valence-corrected chi connectivity index (χ4v) is 4.17. The van der Waals surface area contributed by atoms with Crippen LogP contribution in [-0.2, 0) is 4.53 Å². The van der Waals surface area contributed by atoms with Gasteiger partial charge < -0.3 is 9.26 Å². The van der Waals surface area contributed by atoms with Gasteiger partial charge in [-0.15, -0.1) is 5.16 Å². The predicted molar refractivity (Wildman–Crippen MR) is 79.0 cm³/mol. The summed E-state index contributed by atoms with van der Waals surface area (Å²) in [4.78, 5) is 0. The molecule has 0 saturated carbocycles. The second kappa shape index (κ2) is 7.21. The number of oxime groups is 1. The zero-order valence-corrected chi connectivity index (χ0v) is 13.0. The Labute approximate surface area is 112 Å². The van der Waals surface area contributed by atoms with E-state index >= 15 is 0 Å². The Hall–Kier alpha value is -1.29. The van der Waals surface area contributed by atoms with Gasteiger partial charge in [0.25, 0.3) is 9.04 Å². The molecule has 0 atom stereocenters. The SMILES string of the molecule is COc1ccccc1C=NO[SiH](C(C)C)C(C)C. The minimum atomic E-state index is -1.28. The third-order valence-electron chi connectivity index (χ3n) is 2.83. The summed E-state index contributed by atoms with van der Waals surface area (Å²) in [5.41, 5.74) is 2.11. The first-order valence-corrected chi connectivity index (χ1v) is 8.19. The van der Waals surface area contributed by atoms with Gasteiger partial charge in [0.1, 0.15) is 5.75 Å². The number of methoxy groups -OCH3 is 1. The van der Waals surface area contributed by atoms with Gasteiger partial charge in [-0.05, 0) is 23.2 Å². The molecule has 1 aromatic rings. The highest BCUT2D eigenvalue weighted by Gasteiger charge is 2.22. The average molecular weight is 265 g/mol. The summed E-state index contributed by atoms with van der Waals surface area (Å²) in [6.45, 7) is 8.82. The molecule has 0 aliphatic heterocycles. The third kappa shape index (κ3) is 4.18. The molecule has 0 saturated heterocycles. The molecule has 3 nitrogen and oxygen atoms in total. The molecule has 0 spiro atoms. The molecule has 1 aromatic carbocycles. The summed E-state index contributed by atoms with van der Waals surface area (Å²) in [6, 6.07) is 7.79. The first kappa shape index (κ1) is 14.8. The number of ether oxygens (including phenoxy) is 1. The summed E-state index contributed by atoms with van der Waals surface area (Å²) in [7, 11) is 0.375. The molecule has 1 rings (SSSR count). The summed E-state index contributed by atoms with van der Waals surface area (Å²) in [5.74, 6) is 0.817. The van der Waals surface area contributed by atoms with Crippen molar-refractivity contribution >= 4 is 15.3 Å². The number of rotatable bonds is 6. The molecule has 0 bridgehead atoms. The van der Waals surface area contributed by atoms with Crippen LogP contribution in [0.5, 0.6) is 5.75 Å². The first-order valence-electron chi connectivity index (χ1n) is 6.38. The van der Waals surface area contributed by atoms with Gasteiger partial charge in [0.05, 0.1) is 13.3 Å². The number of nitrogens with zero attached hydrogens (tertiary/aromatic N) is 1. The fraction of sp³-hybridized carbons (Fsp3) is 0.500. The van der Waals surface area contributed by atoms with Crippen LogP contribution in [0.1, 0.15) is 33.3 Å². The van der Waals surface area contributed by atoms with Crippen LogP contribution in [0.3, 0.4) is 0 Å². The topological polar surface area (TPSA) is 30.8 Å². The number of para-hydroxylation sites is 1. The lowest BCUT2D eigenvalue weighted by Crippen LogP contribution is -2.23. The lowest BCUT2D eigenvalue weighted by molar-refractivity contribution is 0.332. The van der Waals surface area contributed by atoms with E-state index in [2.05, 4.69) is 32.9 Å². The highest BCUT2D eigenvalue weighted by atomic mass is 28.3. The smallest absolute Gasteiger partial charge is 0.277 e. The Morgan fingerprint density at radius 1 is 1.11 bits per heavy atom. The van der Waals surface area contributed by atoms with Crippen LogP contribution in [0.2, 0.25) is 11.1 Å². The molecule has 0 amide bonds. The van der Waals surface area contributed by atoms with Crippen molar-refractivity contribution in [1.82, 2.24) is 0 Å². The van der Waals surface area contributed by atoms with Crippen molar-refractivity contribution in [2.24, 2.45) is 5.16 Å². The van der Waals surface area contributed by atoms with Crippen LogP contribution in [0.4, 0.5) is 0 Å². The van der Waals surface area contributed by atoms with Crippen LogP contribution in [-0.4, -0.2) is 22.4 Å². The van der Waals surface area contributed by atoms with E-state index in [1.54, 1.807) is 13.3 Å². The second-order valence-corrected chi connectivity index (χ2v) is 8.84. The van der Waals surface area contributed by atoms with Crippen molar-refractivity contribution in [2.75, 3.05) is 7.11 Å². The maximum absolute atomic E-state index is 5.72. The highest BCUT2D eigenvalue weighted by Crippen LogP contribution is 2.21. The fourth-order valence-electron chi connectivity index (χ4n) is 1.94. The second-order valence-electron chi connectivity index (χ2n) is 5.03. The molecular weight excluding hydrogens is 242 g/mol. The average Bonchev–Trinajstić information content (AvgIpc) is 2.34. The normalized spacial score (nSPS) is 11.8. The standard InChI is InChI=1S/C14H23NO2Si/c1-11(2)18(12(3)4)17-15-10-13-8-6-7-9-14(13)16-5/h6-12,18H,1-5H3. The number of hydrogen-bond acceptors (Lipinski definition) is 3. The maximum atomic E-state index is 5.72. The Morgan fingerprint density at radius 3 is 2.28 bits per heavy atom. The lowest BCUT2D eigenvalue weighted by atomic mass is 10.2. The van der Waals surface area contributed by atoms with Gasteiger partial charge >= 0.3 is 0 Å². The van der Waals surface area contributed by atoms with Crippen molar-refractivity contribution in [1.29, 1.82) is 0 Å². The van der Waals surface area contributed by atoms with Gasteiger partial charge in [-0.2, -0.15) is 0 Å². The molecular formula is C14H23NO2Si. The molecule has 0 N–H and O–H groups in total. The minimum absolute atomic E-state index is 0.583. The summed E-state index contributed by atoms with van der Waals surface area (Å²) < 4.78 is 11.0. The molecule has 0 heterocycles. The molecule has 0 aliphatic carbocycles. The van der Waals surface area contributed by atoms with Gasteiger partial charge in [-0.1, -0.05) is 39.8 Å². The van der Waals surface area contributed by atoms with E-state index in [-0.39, 0.29) is 0 Å². The van der Waals surface area contributed by atoms with Crippen molar-refractivity contribution in [3.63, 3.8) is 0 Å². The predicted octanol–water partition coefficient (Wildman–Crippen LogP) is 3.59. The Balaban J connectivity index is 2.69. The van der Waals surface area contributed by atoms with E-state index in [0.717, 1.165) is 11.3 Å². The van der Waals surface area contributed by atoms with Crippen LogP contribution in [0.15, 0.2) is 29.4 Å². The van der Waals surface area contributed by atoms with Crippen molar-refractivity contribution in [3.8, 4) is 5.75 Å². The molecule has 0 unspecified atom stereocenters. The Morgan fingerprint density at radius 2 is 1.72 bits per heavy atom. The van der Waals surface area contributed by atoms with E-state index in [0.29, 0.717) is 11.1 Å². The molecule has 0 fully saturated rings. The molecule has 0 aromatic heterocycles. The third-order valence-corrected chi connectivity index (χ3v) is 5.82. The summed E-state index contributed by atoms with van der Waals surface area (Å²) in [5, 5.41) is 4.15. The van der Waals surface area contributed by atoms with Gasteiger partial charge in [0.15, 0.2) is 0 Å². The monoisotopic (exact) mass is 265 g/mol. The molecule has 18 heavy (non-hydrogen) atoms. The quantitative estimate of drug-likeness (QED) is 0.447. The largest absolute Gasteiger partial charge is 0.496 e. The van der Waals surface area contributed by atoms with E-state index in [4.69, 9.17) is 9.26 Å². The van der Waals surface area contributed by atoms with Gasteiger partial charge in [0.2, 0.25) is 0 Å². The molecule has 0 radical (unpaired) electrons. The van der Waals surface area contributed by atoms with E-state index in [1.807, 2.05) is 24.3 Å². The Kier molecular flexibility index (Phi) is 5.91. The van der Waals surface area contributed by atoms with Crippen molar-refractivity contribution < 1.29 is 9.26 Å². The Bertz CT molecular complexity index is 383. The van der Waals surface area contributed by atoms with Crippen LogP contribution < -0.4 is 4.74 Å². The maximum Gasteiger partial charge on any atom is 0.277 e. The van der Waals surface area contributed by atoms with E-state index in [1.165, 1.54) is 0 Å². The van der Waals surface area contributed by atoms with Crippen LogP contribution in [0.25, 0.3) is 0 Å². The zero-order chi connectivity index (χ0) is 13.5. The zero-order valence-electron chi connectivity index (χ0n) is 11.9. The lowest BCUT2D eigenvalue weighted by Gasteiger charge is -2.19. The van der Waals surface area contributed by atoms with E-state index < -0.39 is 9.04 Å². The highest BCUT2D eigenvalue weighted by molar-refractivity contribution is 6.54. The van der Waals surface area contributed by atoms with Gasteiger partial charge in [-0.25, -0.2) is 0 Å². The molecule has 100 valence electrons. The molecule has 0 aliphatic rings. The van der Waals surface area contributed by atoms with Crippen LogP contribution in [0, 0.1) is 0 Å². The summed E-state index contributed by atoms with van der Waals surface area (Å²) >= 11 is 0.